The number of hydrogen-bond acceptors (Lipinski definition) is 2. The number of nitriles is 1. The molecule has 1 rings (SSSR count). The van der Waals surface area contributed by atoms with Crippen molar-refractivity contribution in [1.29, 1.82) is 5.26 Å². The Labute approximate surface area is 92.7 Å². The maximum absolute atomic E-state index is 11.9. The van der Waals surface area contributed by atoms with Crippen molar-refractivity contribution in [3.05, 3.63) is 0 Å². The van der Waals surface area contributed by atoms with E-state index >= 15 is 0 Å². The summed E-state index contributed by atoms with van der Waals surface area (Å²) in [6.45, 7) is 4.31. The van der Waals surface area contributed by atoms with E-state index in [1.54, 1.807) is 0 Å². The second-order valence-corrected chi connectivity index (χ2v) is 4.92. The average Bonchev–Trinajstić information content (AvgIpc) is 2.22. The number of carbonyl (C=O) groups is 1. The lowest BCUT2D eigenvalue weighted by Crippen LogP contribution is -2.34. The van der Waals surface area contributed by atoms with Crippen LogP contribution in [0.1, 0.15) is 58.8 Å². The van der Waals surface area contributed by atoms with Crippen molar-refractivity contribution in [3.63, 3.8) is 0 Å². The summed E-state index contributed by atoms with van der Waals surface area (Å²) in [5.41, 5.74) is -0.632. The normalized spacial score (nSPS) is 28.5. The van der Waals surface area contributed by atoms with Crippen LogP contribution in [0.15, 0.2) is 0 Å². The van der Waals surface area contributed by atoms with Crippen molar-refractivity contribution in [2.24, 2.45) is 11.3 Å². The van der Waals surface area contributed by atoms with Crippen LogP contribution >= 0.6 is 0 Å². The molecule has 1 fully saturated rings. The average molecular weight is 207 g/mol. The first-order chi connectivity index (χ1) is 7.14. The molecule has 0 bridgehead atoms. The number of carbonyl (C=O) groups excluding carboxylic acids is 1. The highest BCUT2D eigenvalue weighted by Gasteiger charge is 2.40. The second kappa shape index (κ2) is 5.30. The Kier molecular flexibility index (Phi) is 4.32. The Morgan fingerprint density at radius 3 is 2.80 bits per heavy atom. The van der Waals surface area contributed by atoms with Gasteiger partial charge >= 0.3 is 0 Å². The van der Waals surface area contributed by atoms with Gasteiger partial charge in [-0.25, -0.2) is 0 Å². The van der Waals surface area contributed by atoms with Crippen LogP contribution < -0.4 is 0 Å². The fourth-order valence-electron chi connectivity index (χ4n) is 2.66. The fraction of sp³-hybridized carbons (Fsp3) is 0.846. The van der Waals surface area contributed by atoms with Crippen molar-refractivity contribution >= 4 is 5.78 Å². The molecule has 1 saturated carbocycles. The minimum absolute atomic E-state index is 0.194. The van der Waals surface area contributed by atoms with Gasteiger partial charge in [-0.05, 0) is 25.2 Å². The molecule has 0 aliphatic heterocycles. The topological polar surface area (TPSA) is 40.9 Å². The van der Waals surface area contributed by atoms with Crippen LogP contribution in [-0.2, 0) is 4.79 Å². The summed E-state index contributed by atoms with van der Waals surface area (Å²) in [4.78, 5) is 11.9. The zero-order valence-electron chi connectivity index (χ0n) is 9.88. The highest BCUT2D eigenvalue weighted by Crippen LogP contribution is 2.39. The van der Waals surface area contributed by atoms with Crippen LogP contribution in [0.25, 0.3) is 0 Å². The molecule has 0 saturated heterocycles. The van der Waals surface area contributed by atoms with Gasteiger partial charge in [-0.15, -0.1) is 0 Å². The predicted octanol–water partition coefficient (Wildman–Crippen LogP) is 3.47. The van der Waals surface area contributed by atoms with Gasteiger partial charge in [-0.2, -0.15) is 5.26 Å². The third-order valence-electron chi connectivity index (χ3n) is 3.48. The molecule has 1 aliphatic rings. The largest absolute Gasteiger partial charge is 0.298 e. The van der Waals surface area contributed by atoms with Gasteiger partial charge in [-0.3, -0.25) is 4.79 Å². The molecule has 15 heavy (non-hydrogen) atoms. The van der Waals surface area contributed by atoms with E-state index in [0.717, 1.165) is 38.5 Å². The molecule has 0 radical (unpaired) electrons. The number of rotatable bonds is 4. The highest BCUT2D eigenvalue weighted by molar-refractivity contribution is 5.88. The monoisotopic (exact) mass is 207 g/mol. The summed E-state index contributed by atoms with van der Waals surface area (Å²) in [6.07, 6.45) is 6.45. The van der Waals surface area contributed by atoms with Gasteiger partial charge < -0.3 is 0 Å². The minimum atomic E-state index is -0.632. The minimum Gasteiger partial charge on any atom is -0.298 e. The van der Waals surface area contributed by atoms with E-state index in [-0.39, 0.29) is 5.78 Å². The number of ketones is 1. The van der Waals surface area contributed by atoms with E-state index in [1.165, 1.54) is 0 Å². The van der Waals surface area contributed by atoms with Crippen LogP contribution in [0.5, 0.6) is 0 Å². The Balaban J connectivity index is 2.67. The molecular formula is C13H21NO. The van der Waals surface area contributed by atoms with E-state index in [4.69, 9.17) is 0 Å². The summed E-state index contributed by atoms with van der Waals surface area (Å²) in [6, 6.07) is 2.31. The molecule has 0 heterocycles. The first-order valence-corrected chi connectivity index (χ1v) is 6.09. The predicted molar refractivity (Wildman–Crippen MR) is 60.2 cm³/mol. The van der Waals surface area contributed by atoms with E-state index in [9.17, 15) is 10.1 Å². The lowest BCUT2D eigenvalue weighted by molar-refractivity contribution is -0.129. The zero-order valence-corrected chi connectivity index (χ0v) is 9.88. The van der Waals surface area contributed by atoms with Gasteiger partial charge in [0, 0.05) is 6.42 Å². The molecule has 2 unspecified atom stereocenters. The summed E-state index contributed by atoms with van der Waals surface area (Å²) < 4.78 is 0. The summed E-state index contributed by atoms with van der Waals surface area (Å²) in [7, 11) is 0. The van der Waals surface area contributed by atoms with Crippen molar-refractivity contribution in [2.75, 3.05) is 0 Å². The number of hydrogen-bond donors (Lipinski definition) is 0. The fourth-order valence-corrected chi connectivity index (χ4v) is 2.66. The molecule has 84 valence electrons. The number of nitrogens with zero attached hydrogens (tertiary/aromatic N) is 1. The molecule has 0 spiro atoms. The molecule has 2 nitrogen and oxygen atoms in total. The third kappa shape index (κ3) is 2.81. The SMILES string of the molecule is CCCC(C)CC1(C#N)CCCCC1=O. The first-order valence-electron chi connectivity index (χ1n) is 6.09. The van der Waals surface area contributed by atoms with E-state index in [1.807, 2.05) is 0 Å². The van der Waals surface area contributed by atoms with Crippen molar-refractivity contribution in [1.82, 2.24) is 0 Å². The molecule has 0 amide bonds. The molecule has 1 aliphatic carbocycles. The number of Topliss-reactive ketones (excluding diaryl/α,β-unsaturated/α-hetero) is 1. The second-order valence-electron chi connectivity index (χ2n) is 4.92. The maximum atomic E-state index is 11.9. The molecule has 0 aromatic carbocycles. The lowest BCUT2D eigenvalue weighted by atomic mass is 9.69. The van der Waals surface area contributed by atoms with E-state index < -0.39 is 5.41 Å². The lowest BCUT2D eigenvalue weighted by Gasteiger charge is -2.31. The van der Waals surface area contributed by atoms with Crippen molar-refractivity contribution < 1.29 is 4.79 Å². The Bertz CT molecular complexity index is 266. The van der Waals surface area contributed by atoms with Crippen molar-refractivity contribution in [2.45, 2.75) is 58.8 Å². The van der Waals surface area contributed by atoms with Crippen LogP contribution in [0.3, 0.4) is 0 Å². The summed E-state index contributed by atoms with van der Waals surface area (Å²) >= 11 is 0. The van der Waals surface area contributed by atoms with Crippen LogP contribution in [0, 0.1) is 22.7 Å². The smallest absolute Gasteiger partial charge is 0.153 e. The van der Waals surface area contributed by atoms with Gasteiger partial charge in [0.1, 0.15) is 5.41 Å². The molecule has 0 aromatic heterocycles. The summed E-state index contributed by atoms with van der Waals surface area (Å²) in [5.74, 6) is 0.691. The van der Waals surface area contributed by atoms with Gasteiger partial charge in [0.05, 0.1) is 6.07 Å². The first kappa shape index (κ1) is 12.2. The Morgan fingerprint density at radius 1 is 1.53 bits per heavy atom. The van der Waals surface area contributed by atoms with E-state index in [0.29, 0.717) is 12.3 Å². The molecule has 2 atom stereocenters. The van der Waals surface area contributed by atoms with Gasteiger partial charge in [0.25, 0.3) is 0 Å². The van der Waals surface area contributed by atoms with Crippen LogP contribution in [0.4, 0.5) is 0 Å². The Hall–Kier alpha value is -0.840. The summed E-state index contributed by atoms with van der Waals surface area (Å²) in [5, 5.41) is 9.26. The highest BCUT2D eigenvalue weighted by atomic mass is 16.1. The third-order valence-corrected chi connectivity index (χ3v) is 3.48. The van der Waals surface area contributed by atoms with Gasteiger partial charge in [0.15, 0.2) is 5.78 Å². The van der Waals surface area contributed by atoms with E-state index in [2.05, 4.69) is 19.9 Å². The van der Waals surface area contributed by atoms with Crippen LogP contribution in [-0.4, -0.2) is 5.78 Å². The molecule has 0 aromatic rings. The van der Waals surface area contributed by atoms with Gasteiger partial charge in [0.2, 0.25) is 0 Å². The van der Waals surface area contributed by atoms with Crippen LogP contribution in [0.2, 0.25) is 0 Å². The molecular weight excluding hydrogens is 186 g/mol. The molecule has 0 N–H and O–H groups in total. The molecule has 2 heteroatoms. The zero-order chi connectivity index (χ0) is 11.3. The standard InChI is InChI=1S/C13H21NO/c1-3-6-11(2)9-13(10-14)8-5-4-7-12(13)15/h11H,3-9H2,1-2H3. The van der Waals surface area contributed by atoms with Crippen molar-refractivity contribution in [3.8, 4) is 6.07 Å². The maximum Gasteiger partial charge on any atom is 0.153 e. The Morgan fingerprint density at radius 2 is 2.27 bits per heavy atom. The van der Waals surface area contributed by atoms with Gasteiger partial charge in [-0.1, -0.05) is 33.1 Å². The quantitative estimate of drug-likeness (QED) is 0.708.